The Balaban J connectivity index is 1.87. The molecule has 1 amide bonds. The fourth-order valence-corrected chi connectivity index (χ4v) is 3.36. The fraction of sp³-hybridized carbons (Fsp3) is 0.583. The Morgan fingerprint density at radius 2 is 2.28 bits per heavy atom. The van der Waals surface area contributed by atoms with Gasteiger partial charge in [-0.25, -0.2) is 4.79 Å². The lowest BCUT2D eigenvalue weighted by atomic mass is 9.94. The lowest BCUT2D eigenvalue weighted by molar-refractivity contribution is -0.142. The second-order valence-corrected chi connectivity index (χ2v) is 5.08. The summed E-state index contributed by atoms with van der Waals surface area (Å²) in [5, 5.41) is 15.7. The highest BCUT2D eigenvalue weighted by molar-refractivity contribution is 5.96. The molecule has 1 saturated carbocycles. The van der Waals surface area contributed by atoms with Crippen LogP contribution in [0.3, 0.4) is 0 Å². The molecule has 2 heterocycles. The number of nitrogens with zero attached hydrogens (tertiary/aromatic N) is 2. The molecule has 0 spiro atoms. The van der Waals surface area contributed by atoms with E-state index < -0.39 is 12.0 Å². The molecule has 1 aromatic heterocycles. The Hall–Kier alpha value is -1.85. The van der Waals surface area contributed by atoms with E-state index in [0.717, 1.165) is 19.3 Å². The highest BCUT2D eigenvalue weighted by atomic mass is 16.4. The summed E-state index contributed by atoms with van der Waals surface area (Å²) in [5.41, 5.74) is 0.432. The number of aromatic nitrogens is 2. The number of carbonyl (C=O) groups is 2. The minimum absolute atomic E-state index is 0.123. The van der Waals surface area contributed by atoms with Crippen molar-refractivity contribution >= 4 is 11.9 Å². The van der Waals surface area contributed by atoms with Crippen LogP contribution in [0, 0.1) is 11.8 Å². The smallest absolute Gasteiger partial charge is 0.326 e. The van der Waals surface area contributed by atoms with Gasteiger partial charge in [0.25, 0.3) is 5.91 Å². The van der Waals surface area contributed by atoms with E-state index in [0.29, 0.717) is 18.0 Å². The van der Waals surface area contributed by atoms with E-state index in [-0.39, 0.29) is 11.8 Å². The Kier molecular flexibility index (Phi) is 2.57. The molecule has 1 saturated heterocycles. The number of carboxylic acid groups (broad SMARTS) is 1. The van der Waals surface area contributed by atoms with E-state index in [2.05, 4.69) is 10.2 Å². The van der Waals surface area contributed by atoms with Gasteiger partial charge in [-0.1, -0.05) is 6.42 Å². The molecule has 3 unspecified atom stereocenters. The van der Waals surface area contributed by atoms with Crippen LogP contribution < -0.4 is 0 Å². The maximum Gasteiger partial charge on any atom is 0.326 e. The third kappa shape index (κ3) is 1.60. The molecule has 3 rings (SSSR count). The van der Waals surface area contributed by atoms with Crippen molar-refractivity contribution in [3.8, 4) is 0 Å². The summed E-state index contributed by atoms with van der Waals surface area (Å²) >= 11 is 0. The zero-order chi connectivity index (χ0) is 12.7. The van der Waals surface area contributed by atoms with Crippen molar-refractivity contribution in [3.05, 3.63) is 18.0 Å². The number of likely N-dealkylation sites (tertiary alicyclic amines) is 1. The summed E-state index contributed by atoms with van der Waals surface area (Å²) in [6.07, 6.45) is 5.97. The van der Waals surface area contributed by atoms with Gasteiger partial charge in [-0.05, 0) is 24.7 Å². The summed E-state index contributed by atoms with van der Waals surface area (Å²) in [6.45, 7) is 0.561. The average molecular weight is 249 g/mol. The first-order valence-electron chi connectivity index (χ1n) is 6.21. The van der Waals surface area contributed by atoms with Crippen LogP contribution in [0.4, 0.5) is 0 Å². The molecule has 6 heteroatoms. The molecule has 1 aliphatic carbocycles. The highest BCUT2D eigenvalue weighted by Gasteiger charge is 2.49. The first kappa shape index (κ1) is 11.3. The van der Waals surface area contributed by atoms with Crippen LogP contribution in [0.15, 0.2) is 12.4 Å². The van der Waals surface area contributed by atoms with Crippen molar-refractivity contribution in [3.63, 3.8) is 0 Å². The number of rotatable bonds is 2. The van der Waals surface area contributed by atoms with Gasteiger partial charge in [-0.2, -0.15) is 5.10 Å². The maximum atomic E-state index is 12.3. The van der Waals surface area contributed by atoms with Crippen LogP contribution in [0.5, 0.6) is 0 Å². The number of fused-ring (bicyclic) bond motifs is 1. The number of carbonyl (C=O) groups excluding carboxylic acids is 1. The van der Waals surface area contributed by atoms with Crippen molar-refractivity contribution < 1.29 is 14.7 Å². The van der Waals surface area contributed by atoms with Gasteiger partial charge in [0.05, 0.1) is 11.8 Å². The normalized spacial score (nSPS) is 30.4. The first-order chi connectivity index (χ1) is 8.68. The molecule has 0 bridgehead atoms. The summed E-state index contributed by atoms with van der Waals surface area (Å²) < 4.78 is 0. The Labute approximate surface area is 104 Å². The largest absolute Gasteiger partial charge is 0.480 e. The lowest BCUT2D eigenvalue weighted by Gasteiger charge is -2.23. The zero-order valence-corrected chi connectivity index (χ0v) is 9.87. The second kappa shape index (κ2) is 4.12. The number of amides is 1. The molecule has 18 heavy (non-hydrogen) atoms. The molecule has 0 radical (unpaired) electrons. The maximum absolute atomic E-state index is 12.3. The number of aliphatic carboxylic acids is 1. The Morgan fingerprint density at radius 1 is 1.44 bits per heavy atom. The molecule has 2 N–H and O–H groups in total. The van der Waals surface area contributed by atoms with E-state index in [1.54, 1.807) is 0 Å². The molecule has 1 aromatic rings. The van der Waals surface area contributed by atoms with Crippen LogP contribution >= 0.6 is 0 Å². The van der Waals surface area contributed by atoms with Crippen LogP contribution in [-0.2, 0) is 4.79 Å². The van der Waals surface area contributed by atoms with Gasteiger partial charge in [0.15, 0.2) is 0 Å². The number of hydrogen-bond donors (Lipinski definition) is 2. The number of aromatic amines is 1. The Morgan fingerprint density at radius 3 is 2.94 bits per heavy atom. The van der Waals surface area contributed by atoms with Gasteiger partial charge < -0.3 is 10.0 Å². The van der Waals surface area contributed by atoms with Gasteiger partial charge in [-0.3, -0.25) is 9.89 Å². The molecular formula is C12H15N3O3. The highest BCUT2D eigenvalue weighted by Crippen LogP contribution is 2.42. The summed E-state index contributed by atoms with van der Waals surface area (Å²) in [7, 11) is 0. The lowest BCUT2D eigenvalue weighted by Crippen LogP contribution is -2.43. The van der Waals surface area contributed by atoms with Crippen LogP contribution in [-0.4, -0.2) is 44.7 Å². The first-order valence-corrected chi connectivity index (χ1v) is 6.21. The minimum Gasteiger partial charge on any atom is -0.480 e. The topological polar surface area (TPSA) is 86.3 Å². The predicted molar refractivity (Wildman–Crippen MR) is 61.9 cm³/mol. The van der Waals surface area contributed by atoms with Crippen LogP contribution in [0.2, 0.25) is 0 Å². The average Bonchev–Trinajstić information content (AvgIpc) is 3.03. The second-order valence-electron chi connectivity index (χ2n) is 5.08. The molecule has 3 atom stereocenters. The molecule has 0 aromatic carbocycles. The number of H-pyrrole nitrogens is 1. The van der Waals surface area contributed by atoms with E-state index in [1.807, 2.05) is 0 Å². The van der Waals surface area contributed by atoms with Crippen molar-refractivity contribution in [2.45, 2.75) is 25.3 Å². The Bertz CT molecular complexity index is 471. The van der Waals surface area contributed by atoms with Crippen LogP contribution in [0.25, 0.3) is 0 Å². The predicted octanol–water partition coefficient (Wildman–Crippen LogP) is 0.735. The third-order valence-corrected chi connectivity index (χ3v) is 4.15. The van der Waals surface area contributed by atoms with Crippen molar-refractivity contribution in [2.75, 3.05) is 6.54 Å². The minimum atomic E-state index is -0.888. The number of hydrogen-bond acceptors (Lipinski definition) is 3. The molecule has 2 aliphatic rings. The molecule has 1 aliphatic heterocycles. The summed E-state index contributed by atoms with van der Waals surface area (Å²) in [5.74, 6) is -0.646. The van der Waals surface area contributed by atoms with Crippen molar-refractivity contribution in [1.82, 2.24) is 15.1 Å². The summed E-state index contributed by atoms with van der Waals surface area (Å²) in [4.78, 5) is 25.2. The standard InChI is InChI=1S/C12H15N3O3/c16-11(8-4-13-14-5-8)15-6-7-2-1-3-9(7)10(15)12(17)18/h4-5,7,9-10H,1-3,6H2,(H,13,14)(H,17,18). The van der Waals surface area contributed by atoms with Crippen molar-refractivity contribution in [2.24, 2.45) is 11.8 Å². The van der Waals surface area contributed by atoms with E-state index in [4.69, 9.17) is 0 Å². The van der Waals surface area contributed by atoms with Gasteiger partial charge in [-0.15, -0.1) is 0 Å². The zero-order valence-electron chi connectivity index (χ0n) is 9.87. The van der Waals surface area contributed by atoms with Crippen molar-refractivity contribution in [1.29, 1.82) is 0 Å². The number of carboxylic acids is 1. The van der Waals surface area contributed by atoms with E-state index in [1.165, 1.54) is 17.3 Å². The molecule has 2 fully saturated rings. The van der Waals surface area contributed by atoms with E-state index in [9.17, 15) is 14.7 Å². The molecule has 6 nitrogen and oxygen atoms in total. The van der Waals surface area contributed by atoms with Gasteiger partial charge >= 0.3 is 5.97 Å². The quantitative estimate of drug-likeness (QED) is 0.809. The van der Waals surface area contributed by atoms with Gasteiger partial charge in [0, 0.05) is 12.7 Å². The van der Waals surface area contributed by atoms with Crippen LogP contribution in [0.1, 0.15) is 29.6 Å². The van der Waals surface area contributed by atoms with Gasteiger partial charge in [0.1, 0.15) is 6.04 Å². The monoisotopic (exact) mass is 249 g/mol. The SMILES string of the molecule is O=C(O)C1C2CCCC2CN1C(=O)c1cn[nH]c1. The van der Waals surface area contributed by atoms with Gasteiger partial charge in [0.2, 0.25) is 0 Å². The molecule has 96 valence electrons. The molecular weight excluding hydrogens is 234 g/mol. The number of nitrogens with one attached hydrogen (secondary N) is 1. The third-order valence-electron chi connectivity index (χ3n) is 4.15. The van der Waals surface area contributed by atoms with E-state index >= 15 is 0 Å². The fourth-order valence-electron chi connectivity index (χ4n) is 3.36. The summed E-state index contributed by atoms with van der Waals surface area (Å²) in [6, 6.07) is -0.667.